The zero-order valence-corrected chi connectivity index (χ0v) is 4.97. The van der Waals surface area contributed by atoms with Crippen LogP contribution in [0.5, 0.6) is 0 Å². The lowest BCUT2D eigenvalue weighted by atomic mass is 10.1. The molecule has 0 amide bonds. The number of rotatable bonds is 0. The van der Waals surface area contributed by atoms with Gasteiger partial charge in [0.1, 0.15) is 0 Å². The van der Waals surface area contributed by atoms with E-state index in [1.807, 2.05) is 20.8 Å². The highest BCUT2D eigenvalue weighted by atomic mass is 17.0. The minimum Gasteiger partial charge on any atom is -0.326 e. The van der Waals surface area contributed by atoms with Gasteiger partial charge < -0.3 is 5.73 Å². The molecule has 7 heavy (non-hydrogen) atoms. The second kappa shape index (κ2) is 4.05. The second-order valence-corrected chi connectivity index (χ2v) is 2.37. The predicted octanol–water partition coefficient (Wildman–Crippen LogP) is 0.761. The lowest BCUT2D eigenvalue weighted by molar-refractivity contribution is -0.176. The van der Waals surface area contributed by atoms with Crippen LogP contribution in [-0.2, 0) is 0 Å². The van der Waals surface area contributed by atoms with Gasteiger partial charge in [0.15, 0.2) is 0 Å². The Morgan fingerprint density at radius 2 is 1.14 bits per heavy atom. The molecule has 0 unspecified atom stereocenters. The van der Waals surface area contributed by atoms with Gasteiger partial charge in [-0.3, -0.25) is 10.5 Å². The van der Waals surface area contributed by atoms with Gasteiger partial charge >= 0.3 is 0 Å². The van der Waals surface area contributed by atoms with Crippen molar-refractivity contribution < 1.29 is 10.5 Å². The lowest BCUT2D eigenvalue weighted by Crippen LogP contribution is -2.26. The summed E-state index contributed by atoms with van der Waals surface area (Å²) in [7, 11) is 0. The van der Waals surface area contributed by atoms with Crippen LogP contribution in [0.15, 0.2) is 0 Å². The van der Waals surface area contributed by atoms with Crippen LogP contribution >= 0.6 is 0 Å². The maximum Gasteiger partial charge on any atom is 0.00686 e. The minimum absolute atomic E-state index is 0. The first-order valence-electron chi connectivity index (χ1n) is 1.99. The summed E-state index contributed by atoms with van der Waals surface area (Å²) in [4.78, 5) is 0. The van der Waals surface area contributed by atoms with Gasteiger partial charge in [-0.15, -0.1) is 0 Å². The molecule has 4 N–H and O–H groups in total. The van der Waals surface area contributed by atoms with Crippen LogP contribution in [0.25, 0.3) is 0 Å². The Morgan fingerprint density at radius 3 is 1.14 bits per heavy atom. The van der Waals surface area contributed by atoms with Crippen molar-refractivity contribution in [1.29, 1.82) is 0 Å². The molecule has 3 nitrogen and oxygen atoms in total. The van der Waals surface area contributed by atoms with Crippen LogP contribution in [-0.4, -0.2) is 16.1 Å². The Hall–Kier alpha value is -0.120. The van der Waals surface area contributed by atoms with Gasteiger partial charge in [0, 0.05) is 5.54 Å². The maximum absolute atomic E-state index is 6.00. The third-order valence-electron chi connectivity index (χ3n) is 0. The van der Waals surface area contributed by atoms with Crippen LogP contribution in [0.2, 0.25) is 0 Å². The molecule has 0 atom stereocenters. The molecule has 0 saturated heterocycles. The van der Waals surface area contributed by atoms with Gasteiger partial charge in [0.25, 0.3) is 0 Å². The zero-order valence-electron chi connectivity index (χ0n) is 4.97. The van der Waals surface area contributed by atoms with Crippen LogP contribution in [0, 0.1) is 0 Å². The van der Waals surface area contributed by atoms with Crippen molar-refractivity contribution in [3.05, 3.63) is 0 Å². The molecule has 0 aliphatic rings. The third-order valence-corrected chi connectivity index (χ3v) is 0. The molecule has 0 fully saturated rings. The zero-order chi connectivity index (χ0) is 6.50. The topological polar surface area (TPSA) is 66.5 Å². The van der Waals surface area contributed by atoms with Crippen LogP contribution in [0.4, 0.5) is 0 Å². The molecule has 0 aromatic rings. The van der Waals surface area contributed by atoms with Crippen LogP contribution in [0.3, 0.4) is 0 Å². The third kappa shape index (κ3) is 6150. The SMILES string of the molecule is CC(C)(C)N.OO. The fourth-order valence-electron chi connectivity index (χ4n) is 0. The van der Waals surface area contributed by atoms with E-state index in [0.717, 1.165) is 0 Å². The molecule has 0 heterocycles. The van der Waals surface area contributed by atoms with E-state index in [9.17, 15) is 0 Å². The quantitative estimate of drug-likeness (QED) is 0.316. The Bertz CT molecular complexity index is 25.2. The Labute approximate surface area is 43.7 Å². The smallest absolute Gasteiger partial charge is 0.00686 e. The summed E-state index contributed by atoms with van der Waals surface area (Å²) < 4.78 is 0. The van der Waals surface area contributed by atoms with E-state index in [2.05, 4.69) is 0 Å². The van der Waals surface area contributed by atoms with Crippen molar-refractivity contribution in [2.75, 3.05) is 0 Å². The molecule has 0 aromatic heterocycles. The van der Waals surface area contributed by atoms with E-state index in [-0.39, 0.29) is 5.54 Å². The molecule has 46 valence electrons. The lowest BCUT2D eigenvalue weighted by Gasteiger charge is -2.06. The summed E-state index contributed by atoms with van der Waals surface area (Å²) >= 11 is 0. The number of hydrogen-bond donors (Lipinski definition) is 3. The van der Waals surface area contributed by atoms with E-state index >= 15 is 0 Å². The number of nitrogens with two attached hydrogens (primary N) is 1. The van der Waals surface area contributed by atoms with Crippen molar-refractivity contribution >= 4 is 0 Å². The molecule has 0 bridgehead atoms. The van der Waals surface area contributed by atoms with Gasteiger partial charge in [-0.1, -0.05) is 0 Å². The molecule has 0 aliphatic carbocycles. The first-order chi connectivity index (χ1) is 3.00. The van der Waals surface area contributed by atoms with Crippen LogP contribution in [0.1, 0.15) is 20.8 Å². The van der Waals surface area contributed by atoms with Crippen molar-refractivity contribution in [2.24, 2.45) is 5.73 Å². The first-order valence-corrected chi connectivity index (χ1v) is 1.99. The van der Waals surface area contributed by atoms with Crippen molar-refractivity contribution in [3.63, 3.8) is 0 Å². The van der Waals surface area contributed by atoms with E-state index in [1.54, 1.807) is 0 Å². The Balaban J connectivity index is 0. The van der Waals surface area contributed by atoms with Gasteiger partial charge in [-0.2, -0.15) is 0 Å². The molecule has 0 radical (unpaired) electrons. The van der Waals surface area contributed by atoms with E-state index in [1.165, 1.54) is 0 Å². The molecular formula is C4H13NO2. The predicted molar refractivity (Wildman–Crippen MR) is 29.2 cm³/mol. The van der Waals surface area contributed by atoms with Gasteiger partial charge in [-0.25, -0.2) is 0 Å². The Kier molecular flexibility index (Phi) is 5.78. The molecule has 3 heteroatoms. The van der Waals surface area contributed by atoms with E-state index < -0.39 is 0 Å². The molecular weight excluding hydrogens is 94.0 g/mol. The number of hydrogen-bond acceptors (Lipinski definition) is 3. The summed E-state index contributed by atoms with van der Waals surface area (Å²) in [6.07, 6.45) is 0. The van der Waals surface area contributed by atoms with E-state index in [0.29, 0.717) is 0 Å². The molecule has 0 saturated carbocycles. The maximum atomic E-state index is 6.00. The summed E-state index contributed by atoms with van der Waals surface area (Å²) in [6, 6.07) is 0. The average molecular weight is 107 g/mol. The van der Waals surface area contributed by atoms with Gasteiger partial charge in [0.05, 0.1) is 0 Å². The monoisotopic (exact) mass is 107 g/mol. The fourth-order valence-corrected chi connectivity index (χ4v) is 0. The molecule has 0 aliphatic heterocycles. The van der Waals surface area contributed by atoms with Crippen molar-refractivity contribution in [2.45, 2.75) is 26.3 Å². The first kappa shape index (κ1) is 9.99. The average Bonchev–Trinajstić information content (AvgIpc) is 1.36. The fraction of sp³-hybridized carbons (Fsp3) is 1.00. The van der Waals surface area contributed by atoms with E-state index in [4.69, 9.17) is 16.2 Å². The highest BCUT2D eigenvalue weighted by Gasteiger charge is 1.95. The van der Waals surface area contributed by atoms with Crippen LogP contribution < -0.4 is 5.73 Å². The summed E-state index contributed by atoms with van der Waals surface area (Å²) in [5, 5.41) is 12.0. The van der Waals surface area contributed by atoms with Crippen molar-refractivity contribution in [3.8, 4) is 0 Å². The minimum atomic E-state index is 0. The molecule has 0 rings (SSSR count). The van der Waals surface area contributed by atoms with Gasteiger partial charge in [0.2, 0.25) is 0 Å². The normalized spacial score (nSPS) is 9.43. The summed E-state index contributed by atoms with van der Waals surface area (Å²) in [6.45, 7) is 5.90. The van der Waals surface area contributed by atoms with Crippen molar-refractivity contribution in [1.82, 2.24) is 0 Å². The highest BCUT2D eigenvalue weighted by molar-refractivity contribution is 4.60. The Morgan fingerprint density at radius 1 is 1.14 bits per heavy atom. The standard InChI is InChI=1S/C4H11N.H2O2/c1-4(2,3)5;1-2/h5H2,1-3H3;1-2H. The highest BCUT2D eigenvalue weighted by Crippen LogP contribution is 1.88. The summed E-state index contributed by atoms with van der Waals surface area (Å²) in [5.41, 5.74) is 5.35. The second-order valence-electron chi connectivity index (χ2n) is 2.37. The molecule has 0 aromatic carbocycles. The van der Waals surface area contributed by atoms with Gasteiger partial charge in [-0.05, 0) is 20.8 Å². The molecule has 0 spiro atoms. The largest absolute Gasteiger partial charge is 0.326 e. The summed E-state index contributed by atoms with van der Waals surface area (Å²) in [5.74, 6) is 0.